The van der Waals surface area contributed by atoms with Crippen LogP contribution in [0, 0.1) is 5.92 Å². The van der Waals surface area contributed by atoms with Crippen LogP contribution < -0.4 is 10.5 Å². The summed E-state index contributed by atoms with van der Waals surface area (Å²) in [5, 5.41) is 0. The van der Waals surface area contributed by atoms with E-state index in [1.165, 1.54) is 38.6 Å². The van der Waals surface area contributed by atoms with Crippen LogP contribution in [0.15, 0.2) is 12.3 Å². The summed E-state index contributed by atoms with van der Waals surface area (Å²) in [5.74, 6) is 0.617. The lowest BCUT2D eigenvalue weighted by Crippen LogP contribution is -2.15. The quantitative estimate of drug-likeness (QED) is 0.809. The number of pyridine rings is 1. The van der Waals surface area contributed by atoms with Crippen molar-refractivity contribution >= 4 is 11.7 Å². The summed E-state index contributed by atoms with van der Waals surface area (Å²) in [4.78, 5) is 15.5. The van der Waals surface area contributed by atoms with Crippen molar-refractivity contribution in [3.8, 4) is 5.88 Å². The number of aromatic nitrogens is 1. The number of nitrogens with two attached hydrogens (primary N) is 1. The van der Waals surface area contributed by atoms with Crippen LogP contribution in [0.25, 0.3) is 0 Å². The number of nitrogens with zero attached hydrogens (tertiary/aromatic N) is 1. The number of hydrogen-bond donors (Lipinski definition) is 1. The van der Waals surface area contributed by atoms with Crippen molar-refractivity contribution < 1.29 is 14.3 Å². The molecule has 98 valence electrons. The standard InChI is InChI=1S/C13H18N2O3/c1-17-13(16)10-5-7-15-12(11(10)14)18-8-6-9-3-2-4-9/h5,7,9H,2-4,6,8,14H2,1H3. The van der Waals surface area contributed by atoms with Gasteiger partial charge in [-0.1, -0.05) is 19.3 Å². The molecule has 18 heavy (non-hydrogen) atoms. The van der Waals surface area contributed by atoms with E-state index in [1.54, 1.807) is 0 Å². The van der Waals surface area contributed by atoms with Crippen molar-refractivity contribution in [2.24, 2.45) is 5.92 Å². The summed E-state index contributed by atoms with van der Waals surface area (Å²) in [6.07, 6.45) is 6.41. The molecular formula is C13H18N2O3. The first-order valence-corrected chi connectivity index (χ1v) is 6.18. The third-order valence-corrected chi connectivity index (χ3v) is 3.35. The van der Waals surface area contributed by atoms with Crippen LogP contribution in [0.3, 0.4) is 0 Å². The number of ether oxygens (including phenoxy) is 2. The second-order valence-corrected chi connectivity index (χ2v) is 4.50. The van der Waals surface area contributed by atoms with Crippen LogP contribution >= 0.6 is 0 Å². The van der Waals surface area contributed by atoms with E-state index in [1.807, 2.05) is 0 Å². The largest absolute Gasteiger partial charge is 0.476 e. The zero-order chi connectivity index (χ0) is 13.0. The molecule has 0 unspecified atom stereocenters. The van der Waals surface area contributed by atoms with Gasteiger partial charge in [0.2, 0.25) is 5.88 Å². The van der Waals surface area contributed by atoms with Gasteiger partial charge in [-0.25, -0.2) is 9.78 Å². The Morgan fingerprint density at radius 1 is 1.56 bits per heavy atom. The topological polar surface area (TPSA) is 74.4 Å². The van der Waals surface area contributed by atoms with Crippen LogP contribution in [-0.4, -0.2) is 24.7 Å². The number of carbonyl (C=O) groups is 1. The Bertz CT molecular complexity index is 430. The minimum absolute atomic E-state index is 0.248. The molecule has 1 fully saturated rings. The summed E-state index contributed by atoms with van der Waals surface area (Å²) < 4.78 is 10.2. The Balaban J connectivity index is 1.96. The average molecular weight is 250 g/mol. The van der Waals surface area contributed by atoms with E-state index in [9.17, 15) is 4.79 Å². The van der Waals surface area contributed by atoms with Gasteiger partial charge < -0.3 is 15.2 Å². The monoisotopic (exact) mass is 250 g/mol. The highest BCUT2D eigenvalue weighted by atomic mass is 16.5. The molecule has 1 aromatic heterocycles. The highest BCUT2D eigenvalue weighted by Crippen LogP contribution is 2.30. The smallest absolute Gasteiger partial charge is 0.340 e. The summed E-state index contributed by atoms with van der Waals surface area (Å²) >= 11 is 0. The first-order valence-electron chi connectivity index (χ1n) is 6.18. The van der Waals surface area contributed by atoms with Crippen molar-refractivity contribution in [1.82, 2.24) is 4.98 Å². The maximum atomic E-state index is 11.4. The van der Waals surface area contributed by atoms with Crippen molar-refractivity contribution in [3.63, 3.8) is 0 Å². The van der Waals surface area contributed by atoms with E-state index in [2.05, 4.69) is 9.72 Å². The predicted molar refractivity (Wildman–Crippen MR) is 67.4 cm³/mol. The number of hydrogen-bond acceptors (Lipinski definition) is 5. The Morgan fingerprint density at radius 2 is 2.33 bits per heavy atom. The Hall–Kier alpha value is -1.78. The first kappa shape index (κ1) is 12.7. The molecule has 1 saturated carbocycles. The number of esters is 1. The number of methoxy groups -OCH3 is 1. The first-order chi connectivity index (χ1) is 8.72. The van der Waals surface area contributed by atoms with E-state index in [-0.39, 0.29) is 5.69 Å². The maximum absolute atomic E-state index is 11.4. The molecule has 1 heterocycles. The Kier molecular flexibility index (Phi) is 4.02. The minimum Gasteiger partial charge on any atom is -0.476 e. The van der Waals surface area contributed by atoms with E-state index in [0.29, 0.717) is 18.1 Å². The van der Waals surface area contributed by atoms with Crippen molar-refractivity contribution in [3.05, 3.63) is 17.8 Å². The second-order valence-electron chi connectivity index (χ2n) is 4.50. The molecule has 1 aliphatic rings. The highest BCUT2D eigenvalue weighted by Gasteiger charge is 2.18. The maximum Gasteiger partial charge on any atom is 0.340 e. The fourth-order valence-electron chi connectivity index (χ4n) is 1.96. The summed E-state index contributed by atoms with van der Waals surface area (Å²) in [5.41, 5.74) is 6.38. The molecule has 0 aromatic carbocycles. The Morgan fingerprint density at radius 3 is 2.94 bits per heavy atom. The van der Waals surface area contributed by atoms with Crippen LogP contribution in [0.1, 0.15) is 36.0 Å². The lowest BCUT2D eigenvalue weighted by molar-refractivity contribution is 0.0601. The van der Waals surface area contributed by atoms with Gasteiger partial charge in [0.25, 0.3) is 0 Å². The molecule has 2 rings (SSSR count). The van der Waals surface area contributed by atoms with E-state index >= 15 is 0 Å². The molecule has 1 aromatic rings. The molecule has 1 aliphatic carbocycles. The van der Waals surface area contributed by atoms with Gasteiger partial charge in [-0.05, 0) is 18.4 Å². The number of anilines is 1. The average Bonchev–Trinajstić information content (AvgIpc) is 2.33. The second kappa shape index (κ2) is 5.71. The third kappa shape index (κ3) is 2.72. The molecule has 2 N–H and O–H groups in total. The van der Waals surface area contributed by atoms with Gasteiger partial charge in [0.15, 0.2) is 0 Å². The van der Waals surface area contributed by atoms with Gasteiger partial charge in [-0.3, -0.25) is 0 Å². The highest BCUT2D eigenvalue weighted by molar-refractivity contribution is 5.95. The van der Waals surface area contributed by atoms with Crippen molar-refractivity contribution in [2.45, 2.75) is 25.7 Å². The molecule has 5 heteroatoms. The summed E-state index contributed by atoms with van der Waals surface area (Å²) in [6, 6.07) is 1.53. The molecule has 0 radical (unpaired) electrons. The molecule has 5 nitrogen and oxygen atoms in total. The molecule has 0 amide bonds. The van der Waals surface area contributed by atoms with E-state index in [0.717, 1.165) is 12.3 Å². The van der Waals surface area contributed by atoms with Gasteiger partial charge in [-0.2, -0.15) is 0 Å². The van der Waals surface area contributed by atoms with Gasteiger partial charge in [0, 0.05) is 6.20 Å². The zero-order valence-corrected chi connectivity index (χ0v) is 10.5. The van der Waals surface area contributed by atoms with Gasteiger partial charge in [0.1, 0.15) is 5.69 Å². The van der Waals surface area contributed by atoms with E-state index in [4.69, 9.17) is 10.5 Å². The number of rotatable bonds is 5. The van der Waals surface area contributed by atoms with Crippen molar-refractivity contribution in [1.29, 1.82) is 0 Å². The van der Waals surface area contributed by atoms with Crippen LogP contribution in [-0.2, 0) is 4.74 Å². The van der Waals surface area contributed by atoms with Crippen LogP contribution in [0.4, 0.5) is 5.69 Å². The van der Waals surface area contributed by atoms with Crippen LogP contribution in [0.5, 0.6) is 5.88 Å². The fourth-order valence-corrected chi connectivity index (χ4v) is 1.96. The zero-order valence-electron chi connectivity index (χ0n) is 10.5. The summed E-state index contributed by atoms with van der Waals surface area (Å²) in [7, 11) is 1.32. The van der Waals surface area contributed by atoms with Crippen LogP contribution in [0.2, 0.25) is 0 Å². The lowest BCUT2D eigenvalue weighted by Gasteiger charge is -2.24. The third-order valence-electron chi connectivity index (χ3n) is 3.35. The van der Waals surface area contributed by atoms with Crippen molar-refractivity contribution in [2.75, 3.05) is 19.5 Å². The lowest BCUT2D eigenvalue weighted by atomic mass is 9.83. The van der Waals surface area contributed by atoms with E-state index < -0.39 is 5.97 Å². The summed E-state index contributed by atoms with van der Waals surface area (Å²) in [6.45, 7) is 0.590. The normalized spacial score (nSPS) is 14.9. The number of nitrogen functional groups attached to an aromatic ring is 1. The molecule has 0 bridgehead atoms. The number of carbonyl (C=O) groups excluding carboxylic acids is 1. The minimum atomic E-state index is -0.473. The van der Waals surface area contributed by atoms with Gasteiger partial charge >= 0.3 is 5.97 Å². The fraction of sp³-hybridized carbons (Fsp3) is 0.538. The Labute approximate surface area is 106 Å². The predicted octanol–water partition coefficient (Wildman–Crippen LogP) is 2.02. The molecular weight excluding hydrogens is 232 g/mol. The molecule has 0 atom stereocenters. The molecule has 0 spiro atoms. The molecule has 0 aliphatic heterocycles. The van der Waals surface area contributed by atoms with Gasteiger partial charge in [0.05, 0.1) is 19.3 Å². The van der Waals surface area contributed by atoms with Gasteiger partial charge in [-0.15, -0.1) is 0 Å². The molecule has 0 saturated heterocycles. The SMILES string of the molecule is COC(=O)c1ccnc(OCCC2CCC2)c1N.